The third-order valence-corrected chi connectivity index (χ3v) is 11.3. The molecule has 3 atom stereocenters. The van der Waals surface area contributed by atoms with Crippen LogP contribution in [0.4, 0.5) is 0 Å². The van der Waals surface area contributed by atoms with Gasteiger partial charge in [-0.1, -0.05) is 48.8 Å². The molecule has 0 saturated heterocycles. The lowest BCUT2D eigenvalue weighted by atomic mass is 9.86. The molecule has 0 aromatic heterocycles. The highest BCUT2D eigenvalue weighted by Crippen LogP contribution is 2.47. The molecule has 1 aromatic rings. The smallest absolute Gasteiger partial charge is 0.306 e. The Labute approximate surface area is 168 Å². The standard InChI is InChI=1S/C21H33BrO3Si/c1-8-24-19(23)13-15-12-17-16(10-9-11-18(17)22)20(15)14(2)25-26(6,7)21(3,4)5/h9-11,14-15,20H,8,12-13H2,1-7H3. The van der Waals surface area contributed by atoms with Crippen LogP contribution in [0.1, 0.15) is 58.1 Å². The summed E-state index contributed by atoms with van der Waals surface area (Å²) in [6, 6.07) is 6.37. The summed E-state index contributed by atoms with van der Waals surface area (Å²) in [5.74, 6) is 0.342. The van der Waals surface area contributed by atoms with E-state index in [1.807, 2.05) is 6.92 Å². The monoisotopic (exact) mass is 440 g/mol. The number of carbonyl (C=O) groups excluding carboxylic acids is 1. The minimum Gasteiger partial charge on any atom is -0.466 e. The van der Waals surface area contributed by atoms with Gasteiger partial charge >= 0.3 is 5.97 Å². The summed E-state index contributed by atoms with van der Waals surface area (Å²) in [6.07, 6.45) is 1.42. The molecule has 0 fully saturated rings. The molecular weight excluding hydrogens is 408 g/mol. The van der Waals surface area contributed by atoms with Crippen molar-refractivity contribution in [3.05, 3.63) is 33.8 Å². The van der Waals surface area contributed by atoms with Crippen LogP contribution in [-0.4, -0.2) is 27.0 Å². The molecule has 0 radical (unpaired) electrons. The summed E-state index contributed by atoms with van der Waals surface area (Å²) in [5, 5.41) is 0.163. The van der Waals surface area contributed by atoms with Crippen LogP contribution in [0, 0.1) is 5.92 Å². The van der Waals surface area contributed by atoms with Crippen molar-refractivity contribution in [3.8, 4) is 0 Å². The fraction of sp³-hybridized carbons (Fsp3) is 0.667. The lowest BCUT2D eigenvalue weighted by Crippen LogP contribution is -2.45. The first-order valence-electron chi connectivity index (χ1n) is 9.58. The first-order valence-corrected chi connectivity index (χ1v) is 13.3. The minimum absolute atomic E-state index is 0.0749. The van der Waals surface area contributed by atoms with Crippen LogP contribution in [0.25, 0.3) is 0 Å². The first-order chi connectivity index (χ1) is 12.0. The Hall–Kier alpha value is -0.653. The highest BCUT2D eigenvalue weighted by atomic mass is 79.9. The van der Waals surface area contributed by atoms with Gasteiger partial charge in [-0.05, 0) is 61.5 Å². The van der Waals surface area contributed by atoms with Crippen molar-refractivity contribution in [2.75, 3.05) is 6.61 Å². The van der Waals surface area contributed by atoms with Crippen LogP contribution in [0.3, 0.4) is 0 Å². The number of rotatable bonds is 6. The number of halogens is 1. The van der Waals surface area contributed by atoms with E-state index in [4.69, 9.17) is 9.16 Å². The van der Waals surface area contributed by atoms with Gasteiger partial charge in [-0.3, -0.25) is 4.79 Å². The quantitative estimate of drug-likeness (QED) is 0.397. The van der Waals surface area contributed by atoms with E-state index in [2.05, 4.69) is 74.9 Å². The van der Waals surface area contributed by atoms with Gasteiger partial charge in [0.1, 0.15) is 0 Å². The summed E-state index contributed by atoms with van der Waals surface area (Å²) in [6.45, 7) is 15.9. The number of benzene rings is 1. The molecule has 146 valence electrons. The zero-order chi connectivity index (χ0) is 19.7. The number of fused-ring (bicyclic) bond motifs is 1. The number of ether oxygens (including phenoxy) is 1. The van der Waals surface area contributed by atoms with Gasteiger partial charge in [0.25, 0.3) is 0 Å². The van der Waals surface area contributed by atoms with Gasteiger partial charge in [-0.2, -0.15) is 0 Å². The van der Waals surface area contributed by atoms with Crippen LogP contribution in [-0.2, 0) is 20.4 Å². The molecule has 1 aliphatic carbocycles. The maximum absolute atomic E-state index is 12.2. The average Bonchev–Trinajstić information content (AvgIpc) is 2.85. The second-order valence-electron chi connectivity index (χ2n) is 8.89. The molecule has 1 aromatic carbocycles. The van der Waals surface area contributed by atoms with Crippen molar-refractivity contribution in [2.45, 2.75) is 77.6 Å². The molecule has 2 rings (SSSR count). The number of hydrogen-bond donors (Lipinski definition) is 0. The predicted molar refractivity (Wildman–Crippen MR) is 113 cm³/mol. The molecule has 26 heavy (non-hydrogen) atoms. The summed E-state index contributed by atoms with van der Waals surface area (Å²) >= 11 is 3.69. The molecule has 0 spiro atoms. The molecule has 3 unspecified atom stereocenters. The fourth-order valence-corrected chi connectivity index (χ4v) is 5.70. The second kappa shape index (κ2) is 8.15. The largest absolute Gasteiger partial charge is 0.466 e. The van der Waals surface area contributed by atoms with Crippen molar-refractivity contribution in [1.82, 2.24) is 0 Å². The van der Waals surface area contributed by atoms with Gasteiger partial charge < -0.3 is 9.16 Å². The lowest BCUT2D eigenvalue weighted by molar-refractivity contribution is -0.144. The van der Waals surface area contributed by atoms with Gasteiger partial charge in [0.15, 0.2) is 8.32 Å². The normalized spacial score (nSPS) is 21.4. The van der Waals surface area contributed by atoms with E-state index >= 15 is 0 Å². The maximum Gasteiger partial charge on any atom is 0.306 e. The van der Waals surface area contributed by atoms with E-state index in [1.165, 1.54) is 11.1 Å². The summed E-state index contributed by atoms with van der Waals surface area (Å²) in [5.41, 5.74) is 2.64. The molecule has 5 heteroatoms. The van der Waals surface area contributed by atoms with Gasteiger partial charge in [0.05, 0.1) is 6.61 Å². The highest BCUT2D eigenvalue weighted by Gasteiger charge is 2.44. The average molecular weight is 441 g/mol. The van der Waals surface area contributed by atoms with E-state index in [-0.39, 0.29) is 28.9 Å². The van der Waals surface area contributed by atoms with Crippen LogP contribution in [0.5, 0.6) is 0 Å². The van der Waals surface area contributed by atoms with Crippen molar-refractivity contribution in [2.24, 2.45) is 5.92 Å². The minimum atomic E-state index is -1.88. The third-order valence-electron chi connectivity index (χ3n) is 6.01. The molecule has 1 aliphatic rings. The van der Waals surface area contributed by atoms with Crippen LogP contribution < -0.4 is 0 Å². The van der Waals surface area contributed by atoms with E-state index in [1.54, 1.807) is 0 Å². The van der Waals surface area contributed by atoms with Crippen LogP contribution in [0.15, 0.2) is 22.7 Å². The number of hydrogen-bond acceptors (Lipinski definition) is 3. The molecule has 0 amide bonds. The van der Waals surface area contributed by atoms with Crippen molar-refractivity contribution in [3.63, 3.8) is 0 Å². The third kappa shape index (κ3) is 4.60. The molecule has 0 saturated carbocycles. The Morgan fingerprint density at radius 3 is 2.58 bits per heavy atom. The van der Waals surface area contributed by atoms with Crippen molar-refractivity contribution >= 4 is 30.2 Å². The van der Waals surface area contributed by atoms with Gasteiger partial charge in [0.2, 0.25) is 0 Å². The van der Waals surface area contributed by atoms with E-state index < -0.39 is 8.32 Å². The van der Waals surface area contributed by atoms with Crippen LogP contribution in [0.2, 0.25) is 18.1 Å². The molecule has 3 nitrogen and oxygen atoms in total. The zero-order valence-corrected chi connectivity index (χ0v) is 19.8. The maximum atomic E-state index is 12.2. The Kier molecular flexibility index (Phi) is 6.79. The summed E-state index contributed by atoms with van der Waals surface area (Å²) < 4.78 is 13.1. The number of esters is 1. The molecule has 0 N–H and O–H groups in total. The van der Waals surface area contributed by atoms with Crippen molar-refractivity contribution in [1.29, 1.82) is 0 Å². The topological polar surface area (TPSA) is 35.5 Å². The Balaban J connectivity index is 2.31. The Morgan fingerprint density at radius 1 is 1.35 bits per heavy atom. The second-order valence-corrected chi connectivity index (χ2v) is 14.5. The predicted octanol–water partition coefficient (Wildman–Crippen LogP) is 6.07. The zero-order valence-electron chi connectivity index (χ0n) is 17.2. The first kappa shape index (κ1) is 21.6. The van der Waals surface area contributed by atoms with E-state index in [0.29, 0.717) is 13.0 Å². The highest BCUT2D eigenvalue weighted by molar-refractivity contribution is 9.10. The number of carbonyl (C=O) groups is 1. The molecule has 0 heterocycles. The van der Waals surface area contributed by atoms with Crippen molar-refractivity contribution < 1.29 is 14.0 Å². The SMILES string of the molecule is CCOC(=O)CC1Cc2c(Br)cccc2C1C(C)O[Si](C)(C)C(C)(C)C. The van der Waals surface area contributed by atoms with Gasteiger partial charge in [-0.15, -0.1) is 0 Å². The Morgan fingerprint density at radius 2 is 2.00 bits per heavy atom. The summed E-state index contributed by atoms with van der Waals surface area (Å²) in [4.78, 5) is 12.2. The van der Waals surface area contributed by atoms with E-state index in [9.17, 15) is 4.79 Å². The van der Waals surface area contributed by atoms with E-state index in [0.717, 1.165) is 10.9 Å². The Bertz CT molecular complexity index is 651. The summed E-state index contributed by atoms with van der Waals surface area (Å²) in [7, 11) is -1.88. The lowest BCUT2D eigenvalue weighted by Gasteiger charge is -2.41. The van der Waals surface area contributed by atoms with Gasteiger partial charge in [0, 0.05) is 22.9 Å². The molecular formula is C21H33BrO3Si. The fourth-order valence-electron chi connectivity index (χ4n) is 3.73. The molecule has 0 aliphatic heterocycles. The van der Waals surface area contributed by atoms with Crippen LogP contribution >= 0.6 is 15.9 Å². The molecule has 0 bridgehead atoms. The van der Waals surface area contributed by atoms with Gasteiger partial charge in [-0.25, -0.2) is 0 Å².